The molecule has 100 valence electrons. The van der Waals surface area contributed by atoms with Crippen molar-refractivity contribution >= 4 is 11.7 Å². The van der Waals surface area contributed by atoms with Crippen molar-refractivity contribution in [2.24, 2.45) is 0 Å². The molecule has 0 spiro atoms. The highest BCUT2D eigenvalue weighted by Crippen LogP contribution is 2.26. The highest BCUT2D eigenvalue weighted by Gasteiger charge is 2.25. The number of aromatic carboxylic acids is 1. The van der Waals surface area contributed by atoms with Gasteiger partial charge in [-0.2, -0.15) is 5.26 Å². The van der Waals surface area contributed by atoms with Crippen LogP contribution in [-0.4, -0.2) is 49.2 Å². The van der Waals surface area contributed by atoms with Gasteiger partial charge in [-0.25, -0.2) is 4.79 Å². The maximum absolute atomic E-state index is 10.9. The fourth-order valence-electron chi connectivity index (χ4n) is 2.42. The molecule has 1 fully saturated rings. The smallest absolute Gasteiger partial charge is 0.335 e. The van der Waals surface area contributed by atoms with Crippen LogP contribution in [0.3, 0.4) is 0 Å². The van der Waals surface area contributed by atoms with Crippen molar-refractivity contribution in [2.75, 3.05) is 32.1 Å². The number of carboxylic acid groups (broad SMARTS) is 1. The van der Waals surface area contributed by atoms with Gasteiger partial charge in [-0.1, -0.05) is 0 Å². The molecule has 1 aromatic rings. The second kappa shape index (κ2) is 5.29. The lowest BCUT2D eigenvalue weighted by Gasteiger charge is -2.22. The second-order valence-electron chi connectivity index (χ2n) is 5.00. The fraction of sp³-hybridized carbons (Fsp3) is 0.429. The van der Waals surface area contributed by atoms with Gasteiger partial charge in [0.2, 0.25) is 0 Å². The number of rotatable bonds is 3. The third-order valence-electron chi connectivity index (χ3n) is 3.60. The number of nitriles is 1. The lowest BCUT2D eigenvalue weighted by molar-refractivity contribution is 0.0697. The van der Waals surface area contributed by atoms with E-state index in [2.05, 4.69) is 15.9 Å². The van der Waals surface area contributed by atoms with E-state index in [4.69, 9.17) is 5.11 Å². The van der Waals surface area contributed by atoms with Crippen LogP contribution in [0.1, 0.15) is 22.3 Å². The molecule has 0 aliphatic carbocycles. The van der Waals surface area contributed by atoms with Crippen LogP contribution in [-0.2, 0) is 0 Å². The van der Waals surface area contributed by atoms with Crippen molar-refractivity contribution in [2.45, 2.75) is 12.5 Å². The van der Waals surface area contributed by atoms with E-state index in [-0.39, 0.29) is 5.56 Å². The number of benzene rings is 1. The quantitative estimate of drug-likeness (QED) is 0.888. The third-order valence-corrected chi connectivity index (χ3v) is 3.60. The van der Waals surface area contributed by atoms with Crippen LogP contribution < -0.4 is 4.90 Å². The SMILES string of the molecule is CN(C)C1CCN(c2ccc(C(=O)O)cc2C#N)C1. The van der Waals surface area contributed by atoms with Gasteiger partial charge in [0, 0.05) is 19.1 Å². The van der Waals surface area contributed by atoms with E-state index in [0.717, 1.165) is 25.2 Å². The minimum Gasteiger partial charge on any atom is -0.478 e. The molecule has 0 saturated carbocycles. The zero-order chi connectivity index (χ0) is 14.0. The van der Waals surface area contributed by atoms with Crippen LogP contribution in [0.2, 0.25) is 0 Å². The number of nitrogens with zero attached hydrogens (tertiary/aromatic N) is 3. The molecule has 5 nitrogen and oxygen atoms in total. The first kappa shape index (κ1) is 13.4. The van der Waals surface area contributed by atoms with Gasteiger partial charge < -0.3 is 14.9 Å². The molecule has 0 radical (unpaired) electrons. The molecule has 1 N–H and O–H groups in total. The molecule has 1 aliphatic rings. The summed E-state index contributed by atoms with van der Waals surface area (Å²) in [5, 5.41) is 18.1. The Balaban J connectivity index is 2.27. The van der Waals surface area contributed by atoms with Gasteiger partial charge in [0.25, 0.3) is 0 Å². The number of carboxylic acids is 1. The predicted molar refractivity (Wildman–Crippen MR) is 72.4 cm³/mol. The molecular formula is C14H17N3O2. The van der Waals surface area contributed by atoms with E-state index in [1.807, 2.05) is 14.1 Å². The van der Waals surface area contributed by atoms with Gasteiger partial charge in [-0.3, -0.25) is 0 Å². The molecule has 2 rings (SSSR count). The first-order valence-electron chi connectivity index (χ1n) is 6.21. The first-order chi connectivity index (χ1) is 9.02. The van der Waals surface area contributed by atoms with E-state index in [9.17, 15) is 10.1 Å². The Morgan fingerprint density at radius 2 is 2.26 bits per heavy atom. The molecular weight excluding hydrogens is 242 g/mol. The average molecular weight is 259 g/mol. The number of anilines is 1. The minimum atomic E-state index is -1.00. The third kappa shape index (κ3) is 2.69. The number of hydrogen-bond acceptors (Lipinski definition) is 4. The van der Waals surface area contributed by atoms with Crippen molar-refractivity contribution in [1.82, 2.24) is 4.90 Å². The Labute approximate surface area is 112 Å². The molecule has 0 amide bonds. The normalized spacial score (nSPS) is 18.6. The van der Waals surface area contributed by atoms with Gasteiger partial charge in [0.15, 0.2) is 0 Å². The summed E-state index contributed by atoms with van der Waals surface area (Å²) in [5.41, 5.74) is 1.42. The first-order valence-corrected chi connectivity index (χ1v) is 6.21. The van der Waals surface area contributed by atoms with Gasteiger partial charge in [-0.15, -0.1) is 0 Å². The lowest BCUT2D eigenvalue weighted by atomic mass is 10.1. The maximum atomic E-state index is 10.9. The topological polar surface area (TPSA) is 67.6 Å². The molecule has 1 aliphatic heterocycles. The van der Waals surface area contributed by atoms with E-state index >= 15 is 0 Å². The van der Waals surface area contributed by atoms with E-state index in [0.29, 0.717) is 11.6 Å². The number of carbonyl (C=O) groups is 1. The Bertz CT molecular complexity index is 534. The zero-order valence-electron chi connectivity index (χ0n) is 11.1. The van der Waals surface area contributed by atoms with Crippen molar-refractivity contribution in [3.8, 4) is 6.07 Å². The van der Waals surface area contributed by atoms with Crippen molar-refractivity contribution in [3.05, 3.63) is 29.3 Å². The molecule has 0 bridgehead atoms. The molecule has 1 heterocycles. The van der Waals surface area contributed by atoms with Crippen LogP contribution >= 0.6 is 0 Å². The molecule has 0 aromatic heterocycles. The van der Waals surface area contributed by atoms with Crippen molar-refractivity contribution in [3.63, 3.8) is 0 Å². The largest absolute Gasteiger partial charge is 0.478 e. The molecule has 1 atom stereocenters. The van der Waals surface area contributed by atoms with Crippen molar-refractivity contribution < 1.29 is 9.90 Å². The Hall–Kier alpha value is -2.06. The maximum Gasteiger partial charge on any atom is 0.335 e. The predicted octanol–water partition coefficient (Wildman–Crippen LogP) is 1.40. The summed E-state index contributed by atoms with van der Waals surface area (Å²) < 4.78 is 0. The molecule has 1 unspecified atom stereocenters. The fourth-order valence-corrected chi connectivity index (χ4v) is 2.42. The minimum absolute atomic E-state index is 0.156. The summed E-state index contributed by atoms with van der Waals surface area (Å²) in [4.78, 5) is 15.2. The Morgan fingerprint density at radius 1 is 1.53 bits per heavy atom. The van der Waals surface area contributed by atoms with Crippen LogP contribution in [0.4, 0.5) is 5.69 Å². The lowest BCUT2D eigenvalue weighted by Crippen LogP contribution is -2.31. The van der Waals surface area contributed by atoms with Crippen LogP contribution in [0.25, 0.3) is 0 Å². The summed E-state index contributed by atoms with van der Waals surface area (Å²) in [6.45, 7) is 1.76. The summed E-state index contributed by atoms with van der Waals surface area (Å²) in [6.07, 6.45) is 1.05. The van der Waals surface area contributed by atoms with Gasteiger partial charge in [0.1, 0.15) is 6.07 Å². The van der Waals surface area contributed by atoms with Gasteiger partial charge in [0.05, 0.1) is 16.8 Å². The van der Waals surface area contributed by atoms with Gasteiger partial charge in [-0.05, 0) is 38.7 Å². The Morgan fingerprint density at radius 3 is 2.79 bits per heavy atom. The van der Waals surface area contributed by atoms with E-state index < -0.39 is 5.97 Å². The highest BCUT2D eigenvalue weighted by atomic mass is 16.4. The monoisotopic (exact) mass is 259 g/mol. The molecule has 1 aromatic carbocycles. The van der Waals surface area contributed by atoms with Crippen LogP contribution in [0, 0.1) is 11.3 Å². The summed E-state index contributed by atoms with van der Waals surface area (Å²) in [5.74, 6) is -1.00. The van der Waals surface area contributed by atoms with Crippen LogP contribution in [0.5, 0.6) is 0 Å². The standard InChI is InChI=1S/C14H17N3O2/c1-16(2)12-5-6-17(9-12)13-4-3-10(14(18)19)7-11(13)8-15/h3-4,7,12H,5-6,9H2,1-2H3,(H,18,19). The molecule has 5 heteroatoms. The number of likely N-dealkylation sites (N-methyl/N-ethyl adjacent to an activating group) is 1. The van der Waals surface area contributed by atoms with E-state index in [1.165, 1.54) is 6.07 Å². The zero-order valence-corrected chi connectivity index (χ0v) is 11.1. The molecule has 19 heavy (non-hydrogen) atoms. The Kier molecular flexibility index (Phi) is 3.72. The second-order valence-corrected chi connectivity index (χ2v) is 5.00. The number of hydrogen-bond donors (Lipinski definition) is 1. The van der Waals surface area contributed by atoms with Crippen LogP contribution in [0.15, 0.2) is 18.2 Å². The van der Waals surface area contributed by atoms with E-state index in [1.54, 1.807) is 12.1 Å². The van der Waals surface area contributed by atoms with Crippen molar-refractivity contribution in [1.29, 1.82) is 5.26 Å². The average Bonchev–Trinajstić information content (AvgIpc) is 2.87. The van der Waals surface area contributed by atoms with Gasteiger partial charge >= 0.3 is 5.97 Å². The summed E-state index contributed by atoms with van der Waals surface area (Å²) in [7, 11) is 4.10. The molecule has 1 saturated heterocycles. The summed E-state index contributed by atoms with van der Waals surface area (Å²) in [6, 6.07) is 7.31. The highest BCUT2D eigenvalue weighted by molar-refractivity contribution is 5.89. The summed E-state index contributed by atoms with van der Waals surface area (Å²) >= 11 is 0.